The monoisotopic (exact) mass is 354 g/mol. The van der Waals surface area contributed by atoms with Crippen molar-refractivity contribution in [3.8, 4) is 5.75 Å². The van der Waals surface area contributed by atoms with Crippen molar-refractivity contribution in [1.29, 1.82) is 0 Å². The smallest absolute Gasteiger partial charge is 0.270 e. The number of ether oxygens (including phenoxy) is 1. The molecule has 0 amide bonds. The van der Waals surface area contributed by atoms with Crippen LogP contribution in [0.1, 0.15) is 11.3 Å². The van der Waals surface area contributed by atoms with Crippen LogP contribution in [0.2, 0.25) is 0 Å². The quantitative estimate of drug-likeness (QED) is 0.585. The normalized spacial score (nSPS) is 10.9. The summed E-state index contributed by atoms with van der Waals surface area (Å²) in [6.07, 6.45) is 0. The first-order valence-electron chi connectivity index (χ1n) is 6.23. The van der Waals surface area contributed by atoms with Gasteiger partial charge in [0.1, 0.15) is 11.5 Å². The van der Waals surface area contributed by atoms with E-state index in [4.69, 9.17) is 9.15 Å². The number of halogens is 1. The van der Waals surface area contributed by atoms with Crippen molar-refractivity contribution < 1.29 is 14.1 Å². The van der Waals surface area contributed by atoms with Crippen molar-refractivity contribution in [3.05, 3.63) is 56.4 Å². The molecule has 0 unspecified atom stereocenters. The lowest BCUT2D eigenvalue weighted by atomic mass is 10.1. The highest BCUT2D eigenvalue weighted by molar-refractivity contribution is 9.10. The van der Waals surface area contributed by atoms with Crippen LogP contribution >= 0.6 is 15.9 Å². The molecule has 7 heteroatoms. The second kappa shape index (κ2) is 6.73. The zero-order valence-electron chi connectivity index (χ0n) is 11.7. The second-order valence-electron chi connectivity index (χ2n) is 4.63. The maximum absolute atomic E-state index is 10.9. The van der Waals surface area contributed by atoms with Crippen LogP contribution in [0, 0.1) is 10.1 Å². The minimum atomic E-state index is -0.410. The molecule has 6 nitrogen and oxygen atoms in total. The Morgan fingerprint density at radius 3 is 2.67 bits per heavy atom. The van der Waals surface area contributed by atoms with Crippen molar-refractivity contribution >= 4 is 21.6 Å². The molecule has 1 heterocycles. The number of hydrogen-bond donors (Lipinski definition) is 0. The molecule has 21 heavy (non-hydrogen) atoms. The second-order valence-corrected chi connectivity index (χ2v) is 5.41. The van der Waals surface area contributed by atoms with Crippen LogP contribution in [0.3, 0.4) is 0 Å². The maximum atomic E-state index is 10.9. The zero-order valence-corrected chi connectivity index (χ0v) is 13.3. The Labute approximate surface area is 130 Å². The van der Waals surface area contributed by atoms with E-state index < -0.39 is 4.92 Å². The fraction of sp³-hybridized carbons (Fsp3) is 0.286. The molecule has 0 saturated carbocycles. The molecule has 0 bridgehead atoms. The van der Waals surface area contributed by atoms with Crippen molar-refractivity contribution in [2.45, 2.75) is 13.1 Å². The highest BCUT2D eigenvalue weighted by Gasteiger charge is 2.14. The lowest BCUT2D eigenvalue weighted by molar-refractivity contribution is -0.384. The predicted molar refractivity (Wildman–Crippen MR) is 81.2 cm³/mol. The topological polar surface area (TPSA) is 68.8 Å². The third-order valence-electron chi connectivity index (χ3n) is 2.97. The molecule has 0 saturated heterocycles. The molecule has 112 valence electrons. The minimum Gasteiger partial charge on any atom is -0.496 e. The number of furan rings is 1. The van der Waals surface area contributed by atoms with Crippen LogP contribution in [0.15, 0.2) is 39.4 Å². The van der Waals surface area contributed by atoms with E-state index in [0.717, 1.165) is 11.3 Å². The van der Waals surface area contributed by atoms with Crippen molar-refractivity contribution in [3.63, 3.8) is 0 Å². The minimum absolute atomic E-state index is 0.0555. The molecule has 0 aliphatic heterocycles. The zero-order chi connectivity index (χ0) is 15.4. The Kier molecular flexibility index (Phi) is 4.98. The Morgan fingerprint density at radius 1 is 1.33 bits per heavy atom. The van der Waals surface area contributed by atoms with Crippen molar-refractivity contribution in [2.75, 3.05) is 14.2 Å². The van der Waals surface area contributed by atoms with E-state index in [1.54, 1.807) is 13.2 Å². The molecule has 2 rings (SSSR count). The van der Waals surface area contributed by atoms with E-state index in [2.05, 4.69) is 15.9 Å². The highest BCUT2D eigenvalue weighted by Crippen LogP contribution is 2.25. The van der Waals surface area contributed by atoms with Crippen LogP contribution in [0.5, 0.6) is 5.75 Å². The number of rotatable bonds is 6. The summed E-state index contributed by atoms with van der Waals surface area (Å²) in [6, 6.07) is 8.30. The SMILES string of the molecule is COc1ccc([N+](=O)[O-])cc1CN(C)Cc1ccc(Br)o1. The molecule has 0 aliphatic carbocycles. The molecule has 2 aromatic rings. The molecule has 0 N–H and O–H groups in total. The van der Waals surface area contributed by atoms with Gasteiger partial charge in [0.05, 0.1) is 18.6 Å². The Hall–Kier alpha value is -1.86. The first-order chi connectivity index (χ1) is 9.99. The van der Waals surface area contributed by atoms with E-state index in [-0.39, 0.29) is 5.69 Å². The molecule has 0 fully saturated rings. The van der Waals surface area contributed by atoms with Gasteiger partial charge in [0.15, 0.2) is 4.67 Å². The van der Waals surface area contributed by atoms with Gasteiger partial charge < -0.3 is 9.15 Å². The van der Waals surface area contributed by atoms with Gasteiger partial charge >= 0.3 is 0 Å². The van der Waals surface area contributed by atoms with Gasteiger partial charge in [-0.05, 0) is 41.2 Å². The van der Waals surface area contributed by atoms with Gasteiger partial charge in [0.2, 0.25) is 0 Å². The van der Waals surface area contributed by atoms with E-state index in [0.29, 0.717) is 23.5 Å². The summed E-state index contributed by atoms with van der Waals surface area (Å²) < 4.78 is 11.4. The van der Waals surface area contributed by atoms with Gasteiger partial charge in [0, 0.05) is 24.2 Å². The van der Waals surface area contributed by atoms with Crippen LogP contribution in [0.4, 0.5) is 5.69 Å². The van der Waals surface area contributed by atoms with Crippen molar-refractivity contribution in [1.82, 2.24) is 4.90 Å². The molecular formula is C14H15BrN2O4. The number of nitrogens with zero attached hydrogens (tertiary/aromatic N) is 2. The average Bonchev–Trinajstić information content (AvgIpc) is 2.83. The third kappa shape index (κ3) is 4.05. The van der Waals surface area contributed by atoms with Gasteiger partial charge in [-0.25, -0.2) is 0 Å². The summed E-state index contributed by atoms with van der Waals surface area (Å²) >= 11 is 3.26. The number of methoxy groups -OCH3 is 1. The molecule has 1 aromatic carbocycles. The summed E-state index contributed by atoms with van der Waals surface area (Å²) in [7, 11) is 3.46. The van der Waals surface area contributed by atoms with Crippen LogP contribution < -0.4 is 4.74 Å². The van der Waals surface area contributed by atoms with Gasteiger partial charge in [-0.1, -0.05) is 0 Å². The fourth-order valence-electron chi connectivity index (χ4n) is 2.05. The van der Waals surface area contributed by atoms with E-state index in [1.165, 1.54) is 12.1 Å². The maximum Gasteiger partial charge on any atom is 0.270 e. The van der Waals surface area contributed by atoms with Crippen LogP contribution in [0.25, 0.3) is 0 Å². The van der Waals surface area contributed by atoms with Gasteiger partial charge in [0.25, 0.3) is 5.69 Å². The number of non-ortho nitro benzene ring substituents is 1. The lowest BCUT2D eigenvalue weighted by Gasteiger charge is -2.17. The van der Waals surface area contributed by atoms with Gasteiger partial charge in [-0.15, -0.1) is 0 Å². The Balaban J connectivity index is 2.13. The van der Waals surface area contributed by atoms with E-state index in [1.807, 2.05) is 24.1 Å². The largest absolute Gasteiger partial charge is 0.496 e. The average molecular weight is 355 g/mol. The van der Waals surface area contributed by atoms with Crippen molar-refractivity contribution in [2.24, 2.45) is 0 Å². The number of hydrogen-bond acceptors (Lipinski definition) is 5. The predicted octanol–water partition coefficient (Wildman–Crippen LogP) is 3.59. The Morgan fingerprint density at radius 2 is 2.10 bits per heavy atom. The Bertz CT molecular complexity index is 642. The van der Waals surface area contributed by atoms with Gasteiger partial charge in [-0.3, -0.25) is 15.0 Å². The summed E-state index contributed by atoms with van der Waals surface area (Å²) in [4.78, 5) is 12.4. The molecule has 0 radical (unpaired) electrons. The molecular weight excluding hydrogens is 340 g/mol. The van der Waals surface area contributed by atoms with E-state index in [9.17, 15) is 10.1 Å². The summed E-state index contributed by atoms with van der Waals surface area (Å²) in [5.74, 6) is 1.45. The molecule has 0 spiro atoms. The fourth-order valence-corrected chi connectivity index (χ4v) is 2.39. The number of nitro benzene ring substituents is 1. The van der Waals surface area contributed by atoms with Crippen LogP contribution in [-0.2, 0) is 13.1 Å². The highest BCUT2D eigenvalue weighted by atomic mass is 79.9. The first-order valence-corrected chi connectivity index (χ1v) is 7.03. The third-order valence-corrected chi connectivity index (χ3v) is 3.40. The summed E-state index contributed by atoms with van der Waals surface area (Å²) in [6.45, 7) is 1.11. The summed E-state index contributed by atoms with van der Waals surface area (Å²) in [5.41, 5.74) is 0.819. The van der Waals surface area contributed by atoms with E-state index >= 15 is 0 Å². The molecule has 0 atom stereocenters. The van der Waals surface area contributed by atoms with Crippen LogP contribution in [-0.4, -0.2) is 24.0 Å². The summed E-state index contributed by atoms with van der Waals surface area (Å²) in [5, 5.41) is 10.9. The number of nitro groups is 1. The standard InChI is InChI=1S/C14H15BrN2O4/c1-16(9-12-4-6-14(15)21-12)8-10-7-11(17(18)19)3-5-13(10)20-2/h3-7H,8-9H2,1-2H3. The van der Waals surface area contributed by atoms with Gasteiger partial charge in [-0.2, -0.15) is 0 Å². The number of benzene rings is 1. The molecule has 1 aromatic heterocycles. The molecule has 0 aliphatic rings. The first kappa shape index (κ1) is 15.5. The lowest BCUT2D eigenvalue weighted by Crippen LogP contribution is -2.17.